The van der Waals surface area contributed by atoms with Crippen LogP contribution in [0.15, 0.2) is 54.9 Å². The fourth-order valence-electron chi connectivity index (χ4n) is 2.75. The second kappa shape index (κ2) is 6.41. The highest BCUT2D eigenvalue weighted by molar-refractivity contribution is 7.21. The van der Waals surface area contributed by atoms with Crippen LogP contribution in [0.2, 0.25) is 5.02 Å². The van der Waals surface area contributed by atoms with Crippen LogP contribution >= 0.6 is 34.3 Å². The second-order valence-electron chi connectivity index (χ2n) is 5.74. The Hall–Kier alpha value is -2.81. The number of nitrogens with zero attached hydrogens (tertiary/aromatic N) is 4. The van der Waals surface area contributed by atoms with Crippen LogP contribution in [0.3, 0.4) is 0 Å². The van der Waals surface area contributed by atoms with Gasteiger partial charge in [0.25, 0.3) is 5.91 Å². The first-order valence-corrected chi connectivity index (χ1v) is 9.96. The Morgan fingerprint density at radius 1 is 1.11 bits per heavy atom. The minimum absolute atomic E-state index is 0.225. The van der Waals surface area contributed by atoms with E-state index in [0.717, 1.165) is 25.6 Å². The molecule has 0 aliphatic rings. The Kier molecular flexibility index (Phi) is 3.89. The summed E-state index contributed by atoms with van der Waals surface area (Å²) in [5.74, 6) is -0.225. The van der Waals surface area contributed by atoms with Gasteiger partial charge in [0, 0.05) is 21.3 Å². The molecule has 0 aliphatic heterocycles. The molecular formula is C18H10ClN5OS2. The first kappa shape index (κ1) is 16.4. The molecule has 0 saturated carbocycles. The maximum absolute atomic E-state index is 12.7. The third-order valence-electron chi connectivity index (χ3n) is 4.00. The fourth-order valence-corrected chi connectivity index (χ4v) is 4.98. The van der Waals surface area contributed by atoms with E-state index < -0.39 is 0 Å². The molecule has 5 rings (SSSR count). The molecule has 3 heterocycles. The monoisotopic (exact) mass is 411 g/mol. The van der Waals surface area contributed by atoms with E-state index in [1.807, 2.05) is 48.5 Å². The number of benzene rings is 2. The van der Waals surface area contributed by atoms with E-state index in [-0.39, 0.29) is 5.91 Å². The lowest BCUT2D eigenvalue weighted by atomic mass is 10.2. The summed E-state index contributed by atoms with van der Waals surface area (Å²) in [5, 5.41) is 17.3. The van der Waals surface area contributed by atoms with Crippen LogP contribution in [0.5, 0.6) is 0 Å². The molecule has 1 amide bonds. The lowest BCUT2D eigenvalue weighted by Crippen LogP contribution is -2.10. The number of amides is 1. The molecule has 27 heavy (non-hydrogen) atoms. The molecule has 132 valence electrons. The zero-order valence-corrected chi connectivity index (χ0v) is 16.0. The molecule has 9 heteroatoms. The highest BCUT2D eigenvalue weighted by atomic mass is 35.5. The predicted molar refractivity (Wildman–Crippen MR) is 109 cm³/mol. The van der Waals surface area contributed by atoms with Gasteiger partial charge >= 0.3 is 0 Å². The number of anilines is 1. The Balaban J connectivity index is 1.45. The van der Waals surface area contributed by atoms with Gasteiger partial charge in [-0.15, -0.1) is 21.5 Å². The van der Waals surface area contributed by atoms with E-state index in [9.17, 15) is 4.79 Å². The normalized spacial score (nSPS) is 11.3. The van der Waals surface area contributed by atoms with E-state index in [2.05, 4.69) is 20.6 Å². The van der Waals surface area contributed by atoms with Gasteiger partial charge in [-0.25, -0.2) is 0 Å². The first-order valence-electron chi connectivity index (χ1n) is 7.95. The number of halogens is 1. The van der Waals surface area contributed by atoms with Crippen molar-refractivity contribution in [2.24, 2.45) is 0 Å². The third kappa shape index (κ3) is 2.87. The van der Waals surface area contributed by atoms with Gasteiger partial charge < -0.3 is 5.32 Å². The molecule has 1 N–H and O–H groups in total. The Morgan fingerprint density at radius 3 is 2.85 bits per heavy atom. The molecule has 2 aromatic carbocycles. The Bertz CT molecular complexity index is 1280. The highest BCUT2D eigenvalue weighted by Crippen LogP contribution is 2.35. The van der Waals surface area contributed by atoms with Gasteiger partial charge in [-0.2, -0.15) is 9.61 Å². The van der Waals surface area contributed by atoms with Crippen LogP contribution in [-0.2, 0) is 0 Å². The molecule has 0 saturated heterocycles. The molecule has 6 nitrogen and oxygen atoms in total. The Morgan fingerprint density at radius 2 is 2.00 bits per heavy atom. The van der Waals surface area contributed by atoms with Crippen molar-refractivity contribution in [3.05, 3.63) is 64.8 Å². The quantitative estimate of drug-likeness (QED) is 0.454. The van der Waals surface area contributed by atoms with E-state index in [1.54, 1.807) is 10.8 Å². The molecule has 0 spiro atoms. The standard InChI is InChI=1S/C18H10ClN5OS2/c19-14-12-6-1-2-7-13(12)26-15(14)16(25)21-11-5-3-4-10(8-11)17-23-24-9-20-22-18(24)27-17/h1-9H,(H,21,25). The van der Waals surface area contributed by atoms with E-state index in [0.29, 0.717) is 15.6 Å². The number of hydrogen-bond acceptors (Lipinski definition) is 6. The molecule has 0 atom stereocenters. The van der Waals surface area contributed by atoms with Gasteiger partial charge in [-0.05, 0) is 18.2 Å². The number of hydrogen-bond donors (Lipinski definition) is 1. The van der Waals surface area contributed by atoms with Gasteiger partial charge in [0.15, 0.2) is 0 Å². The number of fused-ring (bicyclic) bond motifs is 2. The van der Waals surface area contributed by atoms with Gasteiger partial charge in [0.05, 0.1) is 5.02 Å². The van der Waals surface area contributed by atoms with Crippen molar-refractivity contribution in [1.82, 2.24) is 19.8 Å². The topological polar surface area (TPSA) is 72.2 Å². The van der Waals surface area contributed by atoms with Gasteiger partial charge in [0.2, 0.25) is 4.96 Å². The Labute approximate surface area is 166 Å². The van der Waals surface area contributed by atoms with Crippen LogP contribution in [-0.4, -0.2) is 25.7 Å². The number of carbonyl (C=O) groups is 1. The van der Waals surface area contributed by atoms with E-state index >= 15 is 0 Å². The number of aromatic nitrogens is 4. The summed E-state index contributed by atoms with van der Waals surface area (Å²) in [4.78, 5) is 14.0. The molecular weight excluding hydrogens is 402 g/mol. The zero-order chi connectivity index (χ0) is 18.4. The van der Waals surface area contributed by atoms with E-state index in [4.69, 9.17) is 11.6 Å². The highest BCUT2D eigenvalue weighted by Gasteiger charge is 2.17. The molecule has 0 bridgehead atoms. The molecule has 0 radical (unpaired) electrons. The van der Waals surface area contributed by atoms with Gasteiger partial charge in [-0.3, -0.25) is 4.79 Å². The molecule has 0 unspecified atom stereocenters. The largest absolute Gasteiger partial charge is 0.321 e. The van der Waals surface area contributed by atoms with Crippen molar-refractivity contribution >= 4 is 60.9 Å². The van der Waals surface area contributed by atoms with Crippen LogP contribution in [0.4, 0.5) is 5.69 Å². The summed E-state index contributed by atoms with van der Waals surface area (Å²) in [7, 11) is 0. The number of carbonyl (C=O) groups excluding carboxylic acids is 1. The van der Waals surface area contributed by atoms with Gasteiger partial charge in [-0.1, -0.05) is 53.3 Å². The summed E-state index contributed by atoms with van der Waals surface area (Å²) >= 11 is 9.22. The smallest absolute Gasteiger partial charge is 0.267 e. The van der Waals surface area contributed by atoms with Crippen LogP contribution < -0.4 is 5.32 Å². The van der Waals surface area contributed by atoms with Crippen LogP contribution in [0, 0.1) is 0 Å². The predicted octanol–water partition coefficient (Wildman–Crippen LogP) is 4.97. The summed E-state index contributed by atoms with van der Waals surface area (Å²) in [6, 6.07) is 15.2. The average Bonchev–Trinajstić information content (AvgIpc) is 3.36. The zero-order valence-electron chi connectivity index (χ0n) is 13.6. The van der Waals surface area contributed by atoms with Crippen molar-refractivity contribution < 1.29 is 4.79 Å². The van der Waals surface area contributed by atoms with Crippen molar-refractivity contribution in [2.45, 2.75) is 0 Å². The number of rotatable bonds is 3. The minimum Gasteiger partial charge on any atom is -0.321 e. The van der Waals surface area contributed by atoms with Gasteiger partial charge in [0.1, 0.15) is 16.2 Å². The molecule has 0 fully saturated rings. The molecule has 0 aliphatic carbocycles. The van der Waals surface area contributed by atoms with E-state index in [1.165, 1.54) is 22.7 Å². The lowest BCUT2D eigenvalue weighted by molar-refractivity contribution is 0.103. The maximum atomic E-state index is 12.7. The fraction of sp³-hybridized carbons (Fsp3) is 0. The minimum atomic E-state index is -0.225. The average molecular weight is 412 g/mol. The SMILES string of the molecule is O=C(Nc1cccc(-c2nn3cnnc3s2)c1)c1sc2ccccc2c1Cl. The second-order valence-corrected chi connectivity index (χ2v) is 8.13. The summed E-state index contributed by atoms with van der Waals surface area (Å²) in [5.41, 5.74) is 1.57. The molecule has 3 aromatic heterocycles. The first-order chi connectivity index (χ1) is 13.2. The van der Waals surface area contributed by atoms with Crippen LogP contribution in [0.25, 0.3) is 25.6 Å². The maximum Gasteiger partial charge on any atom is 0.267 e. The number of nitrogens with one attached hydrogen (secondary N) is 1. The lowest BCUT2D eigenvalue weighted by Gasteiger charge is -2.05. The number of thiophene rings is 1. The van der Waals surface area contributed by atoms with Crippen LogP contribution in [0.1, 0.15) is 9.67 Å². The van der Waals surface area contributed by atoms with Crippen molar-refractivity contribution in [3.63, 3.8) is 0 Å². The summed E-state index contributed by atoms with van der Waals surface area (Å²) in [6.45, 7) is 0. The summed E-state index contributed by atoms with van der Waals surface area (Å²) in [6.07, 6.45) is 1.56. The van der Waals surface area contributed by atoms with Crippen molar-refractivity contribution in [2.75, 3.05) is 5.32 Å². The third-order valence-corrected chi connectivity index (χ3v) is 6.63. The molecule has 5 aromatic rings. The van der Waals surface area contributed by atoms with Crippen molar-refractivity contribution in [3.8, 4) is 10.6 Å². The van der Waals surface area contributed by atoms with Crippen molar-refractivity contribution in [1.29, 1.82) is 0 Å². The summed E-state index contributed by atoms with van der Waals surface area (Å²) < 4.78 is 2.61.